The van der Waals surface area contributed by atoms with Crippen molar-refractivity contribution in [2.75, 3.05) is 6.54 Å². The van der Waals surface area contributed by atoms with E-state index < -0.39 is 41.5 Å². The number of hydrogen-bond acceptors (Lipinski definition) is 5. The first-order chi connectivity index (χ1) is 18.3. The number of amides is 4. The summed E-state index contributed by atoms with van der Waals surface area (Å²) in [6, 6.07) is 12.9. The third-order valence-electron chi connectivity index (χ3n) is 5.88. The van der Waals surface area contributed by atoms with Crippen LogP contribution in [0.3, 0.4) is 0 Å². The summed E-state index contributed by atoms with van der Waals surface area (Å²) >= 11 is 0. The predicted molar refractivity (Wildman–Crippen MR) is 150 cm³/mol. The fourth-order valence-electron chi connectivity index (χ4n) is 4.04. The number of primary amides is 1. The zero-order valence-electron chi connectivity index (χ0n) is 23.5. The van der Waals surface area contributed by atoms with Crippen LogP contribution in [0.4, 0.5) is 4.79 Å². The van der Waals surface area contributed by atoms with Crippen molar-refractivity contribution in [1.82, 2.24) is 15.5 Å². The molecule has 2 aromatic carbocycles. The lowest BCUT2D eigenvalue weighted by atomic mass is 9.95. The van der Waals surface area contributed by atoms with Crippen LogP contribution in [0.2, 0.25) is 0 Å². The SMILES string of the molecule is C=CCN(C(=O)C(CCC(N)=O)NC(=O)OC(C)(C)C)C(C(=O)NCc1ccccc1)c1cc(C)ccc1C. The molecule has 9 nitrogen and oxygen atoms in total. The van der Waals surface area contributed by atoms with Gasteiger partial charge in [0.1, 0.15) is 17.7 Å². The minimum absolute atomic E-state index is 0.0126. The van der Waals surface area contributed by atoms with Gasteiger partial charge in [-0.3, -0.25) is 14.4 Å². The fourth-order valence-corrected chi connectivity index (χ4v) is 4.04. The average Bonchev–Trinajstić information content (AvgIpc) is 2.86. The highest BCUT2D eigenvalue weighted by atomic mass is 16.6. The molecule has 0 aliphatic heterocycles. The van der Waals surface area contributed by atoms with Crippen LogP contribution in [0.1, 0.15) is 61.9 Å². The van der Waals surface area contributed by atoms with Gasteiger partial charge in [-0.05, 0) is 57.7 Å². The molecule has 0 heterocycles. The molecule has 39 heavy (non-hydrogen) atoms. The Morgan fingerprint density at radius 3 is 2.33 bits per heavy atom. The Hall–Kier alpha value is -4.14. The number of nitrogens with zero attached hydrogens (tertiary/aromatic N) is 1. The smallest absolute Gasteiger partial charge is 0.408 e. The van der Waals surface area contributed by atoms with Gasteiger partial charge in [0.05, 0.1) is 0 Å². The van der Waals surface area contributed by atoms with Gasteiger partial charge in [0.25, 0.3) is 0 Å². The third-order valence-corrected chi connectivity index (χ3v) is 5.88. The highest BCUT2D eigenvalue weighted by Gasteiger charge is 2.36. The van der Waals surface area contributed by atoms with Crippen LogP contribution in [-0.2, 0) is 25.7 Å². The highest BCUT2D eigenvalue weighted by Crippen LogP contribution is 2.27. The van der Waals surface area contributed by atoms with Crippen molar-refractivity contribution in [2.24, 2.45) is 5.73 Å². The second-order valence-corrected chi connectivity index (χ2v) is 10.4. The van der Waals surface area contributed by atoms with Crippen LogP contribution in [0.25, 0.3) is 0 Å². The van der Waals surface area contributed by atoms with E-state index in [0.717, 1.165) is 16.7 Å². The largest absolute Gasteiger partial charge is 0.444 e. The molecular formula is C30H40N4O5. The number of nitrogens with one attached hydrogen (secondary N) is 2. The lowest BCUT2D eigenvalue weighted by Gasteiger charge is -2.34. The number of benzene rings is 2. The molecule has 0 saturated heterocycles. The van der Waals surface area contributed by atoms with Crippen molar-refractivity contribution < 1.29 is 23.9 Å². The van der Waals surface area contributed by atoms with E-state index in [1.54, 1.807) is 20.8 Å². The normalized spacial score (nSPS) is 12.5. The van der Waals surface area contributed by atoms with E-state index in [9.17, 15) is 19.2 Å². The lowest BCUT2D eigenvalue weighted by Crippen LogP contribution is -2.53. The number of aryl methyl sites for hydroxylation is 2. The summed E-state index contributed by atoms with van der Waals surface area (Å²) in [5.74, 6) is -1.59. The molecule has 0 radical (unpaired) electrons. The molecule has 2 unspecified atom stereocenters. The molecule has 0 aliphatic carbocycles. The summed E-state index contributed by atoms with van der Waals surface area (Å²) in [5, 5.41) is 5.52. The second kappa shape index (κ2) is 14.1. The number of carbonyl (C=O) groups is 4. The van der Waals surface area contributed by atoms with Gasteiger partial charge < -0.3 is 26.0 Å². The summed E-state index contributed by atoms with van der Waals surface area (Å²) in [5.41, 5.74) is 7.82. The van der Waals surface area contributed by atoms with Crippen molar-refractivity contribution in [3.05, 3.63) is 83.4 Å². The first-order valence-electron chi connectivity index (χ1n) is 12.9. The summed E-state index contributed by atoms with van der Waals surface area (Å²) in [4.78, 5) is 53.3. The Labute approximate surface area is 230 Å². The van der Waals surface area contributed by atoms with Crippen LogP contribution in [0.15, 0.2) is 61.2 Å². The highest BCUT2D eigenvalue weighted by molar-refractivity contribution is 5.92. The van der Waals surface area contributed by atoms with E-state index in [1.165, 1.54) is 11.0 Å². The Morgan fingerprint density at radius 2 is 1.74 bits per heavy atom. The van der Waals surface area contributed by atoms with Gasteiger partial charge in [0, 0.05) is 19.5 Å². The second-order valence-electron chi connectivity index (χ2n) is 10.4. The van der Waals surface area contributed by atoms with Crippen LogP contribution in [0, 0.1) is 13.8 Å². The van der Waals surface area contributed by atoms with E-state index >= 15 is 0 Å². The number of nitrogens with two attached hydrogens (primary N) is 1. The number of alkyl carbamates (subject to hydrolysis) is 1. The first-order valence-corrected chi connectivity index (χ1v) is 12.9. The summed E-state index contributed by atoms with van der Waals surface area (Å²) in [7, 11) is 0. The molecule has 0 aromatic heterocycles. The van der Waals surface area contributed by atoms with Crippen LogP contribution >= 0.6 is 0 Å². The maximum Gasteiger partial charge on any atom is 0.408 e. The Bertz CT molecular complexity index is 1170. The van der Waals surface area contributed by atoms with E-state index in [1.807, 2.05) is 62.4 Å². The molecule has 210 valence electrons. The maximum absolute atomic E-state index is 14.0. The molecule has 0 fully saturated rings. The maximum atomic E-state index is 14.0. The quantitative estimate of drug-likeness (QED) is 0.355. The topological polar surface area (TPSA) is 131 Å². The van der Waals surface area contributed by atoms with Crippen LogP contribution in [-0.4, -0.2) is 46.9 Å². The van der Waals surface area contributed by atoms with E-state index in [4.69, 9.17) is 10.5 Å². The van der Waals surface area contributed by atoms with Gasteiger partial charge in [-0.2, -0.15) is 0 Å². The molecule has 0 bridgehead atoms. The Morgan fingerprint density at radius 1 is 1.08 bits per heavy atom. The van der Waals surface area contributed by atoms with Crippen molar-refractivity contribution in [3.8, 4) is 0 Å². The number of ether oxygens (including phenoxy) is 1. The van der Waals surface area contributed by atoms with Crippen molar-refractivity contribution in [3.63, 3.8) is 0 Å². The Balaban J connectivity index is 2.50. The minimum Gasteiger partial charge on any atom is -0.444 e. The van der Waals surface area contributed by atoms with Gasteiger partial charge in [-0.15, -0.1) is 6.58 Å². The van der Waals surface area contributed by atoms with Gasteiger partial charge in [0.2, 0.25) is 17.7 Å². The third kappa shape index (κ3) is 9.92. The van der Waals surface area contributed by atoms with E-state index in [2.05, 4.69) is 17.2 Å². The van der Waals surface area contributed by atoms with Gasteiger partial charge in [-0.25, -0.2) is 4.79 Å². The van der Waals surface area contributed by atoms with Crippen molar-refractivity contribution >= 4 is 23.8 Å². The molecule has 0 saturated carbocycles. The fraction of sp³-hybridized carbons (Fsp3) is 0.400. The van der Waals surface area contributed by atoms with Crippen molar-refractivity contribution in [2.45, 2.75) is 71.7 Å². The molecule has 4 amide bonds. The molecule has 2 rings (SSSR count). The molecule has 0 aliphatic rings. The Kier molecular flexibility index (Phi) is 11.3. The first kappa shape index (κ1) is 31.1. The predicted octanol–water partition coefficient (Wildman–Crippen LogP) is 3.83. The number of carbonyl (C=O) groups excluding carboxylic acids is 4. The summed E-state index contributed by atoms with van der Waals surface area (Å²) < 4.78 is 5.34. The van der Waals surface area contributed by atoms with Gasteiger partial charge >= 0.3 is 6.09 Å². The van der Waals surface area contributed by atoms with E-state index in [-0.39, 0.29) is 25.9 Å². The zero-order chi connectivity index (χ0) is 29.2. The molecule has 4 N–H and O–H groups in total. The molecule has 2 atom stereocenters. The average molecular weight is 537 g/mol. The monoisotopic (exact) mass is 536 g/mol. The van der Waals surface area contributed by atoms with Gasteiger partial charge in [0.15, 0.2) is 0 Å². The van der Waals surface area contributed by atoms with Gasteiger partial charge in [-0.1, -0.05) is 60.2 Å². The zero-order valence-corrected chi connectivity index (χ0v) is 23.5. The number of rotatable bonds is 12. The van der Waals surface area contributed by atoms with Crippen LogP contribution in [0.5, 0.6) is 0 Å². The summed E-state index contributed by atoms with van der Waals surface area (Å²) in [6.07, 6.45) is 0.481. The lowest BCUT2D eigenvalue weighted by molar-refractivity contribution is -0.142. The van der Waals surface area contributed by atoms with Crippen LogP contribution < -0.4 is 16.4 Å². The molecule has 0 spiro atoms. The standard InChI is InChI=1S/C30H40N4O5/c1-7-17-34(28(37)24(15-16-25(31)35)33-29(38)39-30(4,5)6)26(23-18-20(2)13-14-21(23)3)27(36)32-19-22-11-9-8-10-12-22/h7-14,18,24,26H,1,15-17,19H2,2-6H3,(H2,31,35)(H,32,36)(H,33,38). The summed E-state index contributed by atoms with van der Waals surface area (Å²) in [6.45, 7) is 12.9. The molecule has 9 heteroatoms. The minimum atomic E-state index is -1.16. The van der Waals surface area contributed by atoms with Crippen molar-refractivity contribution in [1.29, 1.82) is 0 Å². The number of hydrogen-bond donors (Lipinski definition) is 3. The molecular weight excluding hydrogens is 496 g/mol. The van der Waals surface area contributed by atoms with E-state index in [0.29, 0.717) is 5.56 Å². The molecule has 2 aromatic rings.